The number of hydrogen-bond donors (Lipinski definition) is 1. The molecule has 2 rings (SSSR count). The van der Waals surface area contributed by atoms with Gasteiger partial charge in [-0.05, 0) is 41.7 Å². The molecule has 2 aromatic carbocycles. The van der Waals surface area contributed by atoms with Crippen LogP contribution >= 0.6 is 0 Å². The van der Waals surface area contributed by atoms with Gasteiger partial charge in [0, 0.05) is 0 Å². The predicted molar refractivity (Wildman–Crippen MR) is 88.5 cm³/mol. The van der Waals surface area contributed by atoms with Gasteiger partial charge in [0.1, 0.15) is 12.0 Å². The van der Waals surface area contributed by atoms with Gasteiger partial charge in [0.2, 0.25) is 0 Å². The second-order valence-corrected chi connectivity index (χ2v) is 5.11. The van der Waals surface area contributed by atoms with Gasteiger partial charge in [-0.1, -0.05) is 62.4 Å². The standard InChI is InChI=1S/C10H14O.C9H8O/c1-7(2)9-5-4-8(3)10(11)6-9;10-8-4-7-9-5-2-1-3-6-9/h4-7,11H,1-3H3;1-8H/b;7-4+. The summed E-state index contributed by atoms with van der Waals surface area (Å²) in [5, 5.41) is 9.35. The molecule has 0 heterocycles. The fraction of sp³-hybridized carbons (Fsp3) is 0.211. The second-order valence-electron chi connectivity index (χ2n) is 5.11. The Balaban J connectivity index is 0.000000211. The highest BCUT2D eigenvalue weighted by Crippen LogP contribution is 2.22. The number of phenols is 1. The van der Waals surface area contributed by atoms with Gasteiger partial charge in [-0.3, -0.25) is 4.79 Å². The van der Waals surface area contributed by atoms with Crippen molar-refractivity contribution in [3.05, 3.63) is 71.3 Å². The van der Waals surface area contributed by atoms with E-state index in [9.17, 15) is 9.90 Å². The summed E-state index contributed by atoms with van der Waals surface area (Å²) < 4.78 is 0. The number of allylic oxidation sites excluding steroid dienone is 1. The zero-order valence-corrected chi connectivity index (χ0v) is 12.8. The van der Waals surface area contributed by atoms with Crippen LogP contribution in [0, 0.1) is 6.92 Å². The van der Waals surface area contributed by atoms with Crippen LogP contribution in [0.2, 0.25) is 0 Å². The van der Waals surface area contributed by atoms with Gasteiger partial charge >= 0.3 is 0 Å². The molecular formula is C19H22O2. The summed E-state index contributed by atoms with van der Waals surface area (Å²) in [6.07, 6.45) is 4.02. The smallest absolute Gasteiger partial charge is 0.142 e. The Morgan fingerprint density at radius 3 is 2.24 bits per heavy atom. The summed E-state index contributed by atoms with van der Waals surface area (Å²) in [6, 6.07) is 15.5. The van der Waals surface area contributed by atoms with Crippen molar-refractivity contribution in [3.63, 3.8) is 0 Å². The number of aryl methyl sites for hydroxylation is 1. The van der Waals surface area contributed by atoms with Gasteiger partial charge in [0.25, 0.3) is 0 Å². The van der Waals surface area contributed by atoms with E-state index in [4.69, 9.17) is 0 Å². The number of aromatic hydroxyl groups is 1. The largest absolute Gasteiger partial charge is 0.508 e. The molecular weight excluding hydrogens is 260 g/mol. The lowest BCUT2D eigenvalue weighted by atomic mass is 10.0. The van der Waals surface area contributed by atoms with Gasteiger partial charge in [-0.2, -0.15) is 0 Å². The molecule has 2 heteroatoms. The average molecular weight is 282 g/mol. The first-order valence-corrected chi connectivity index (χ1v) is 7.01. The van der Waals surface area contributed by atoms with Gasteiger partial charge in [-0.25, -0.2) is 0 Å². The molecule has 0 amide bonds. The summed E-state index contributed by atoms with van der Waals surface area (Å²) in [4.78, 5) is 9.89. The van der Waals surface area contributed by atoms with E-state index in [0.29, 0.717) is 11.7 Å². The Bertz CT molecular complexity index is 584. The molecule has 0 saturated heterocycles. The molecule has 0 fully saturated rings. The van der Waals surface area contributed by atoms with Gasteiger partial charge < -0.3 is 5.11 Å². The quantitative estimate of drug-likeness (QED) is 0.653. The average Bonchev–Trinajstić information content (AvgIpc) is 2.49. The van der Waals surface area contributed by atoms with Crippen LogP contribution in [0.15, 0.2) is 54.6 Å². The maximum absolute atomic E-state index is 9.89. The van der Waals surface area contributed by atoms with E-state index in [1.807, 2.05) is 49.4 Å². The molecule has 2 aromatic rings. The Labute approximate surface area is 126 Å². The Morgan fingerprint density at radius 2 is 1.71 bits per heavy atom. The van der Waals surface area contributed by atoms with E-state index in [1.165, 1.54) is 11.6 Å². The molecule has 0 atom stereocenters. The van der Waals surface area contributed by atoms with Crippen LogP contribution in [0.4, 0.5) is 0 Å². The lowest BCUT2D eigenvalue weighted by Crippen LogP contribution is -1.86. The fourth-order valence-electron chi connectivity index (χ4n) is 1.70. The van der Waals surface area contributed by atoms with Crippen molar-refractivity contribution in [2.45, 2.75) is 26.7 Å². The van der Waals surface area contributed by atoms with Crippen LogP contribution in [0.25, 0.3) is 6.08 Å². The highest BCUT2D eigenvalue weighted by atomic mass is 16.3. The molecule has 0 spiro atoms. The second kappa shape index (κ2) is 8.75. The van der Waals surface area contributed by atoms with Crippen molar-refractivity contribution in [1.29, 1.82) is 0 Å². The third-order valence-electron chi connectivity index (χ3n) is 3.07. The third-order valence-corrected chi connectivity index (χ3v) is 3.07. The molecule has 0 unspecified atom stereocenters. The first-order valence-electron chi connectivity index (χ1n) is 7.01. The summed E-state index contributed by atoms with van der Waals surface area (Å²) in [7, 11) is 0. The van der Waals surface area contributed by atoms with Crippen molar-refractivity contribution in [3.8, 4) is 5.75 Å². The van der Waals surface area contributed by atoms with Crippen molar-refractivity contribution >= 4 is 12.4 Å². The Kier molecular flexibility index (Phi) is 6.96. The van der Waals surface area contributed by atoms with E-state index in [0.717, 1.165) is 17.4 Å². The number of carbonyl (C=O) groups excluding carboxylic acids is 1. The maximum atomic E-state index is 9.89. The number of benzene rings is 2. The molecule has 0 aliphatic rings. The maximum Gasteiger partial charge on any atom is 0.142 e. The zero-order valence-electron chi connectivity index (χ0n) is 12.8. The first kappa shape index (κ1) is 16.7. The van der Waals surface area contributed by atoms with E-state index < -0.39 is 0 Å². The summed E-state index contributed by atoms with van der Waals surface area (Å²) in [6.45, 7) is 6.13. The lowest BCUT2D eigenvalue weighted by molar-refractivity contribution is -0.104. The minimum atomic E-state index is 0.399. The normalized spacial score (nSPS) is 10.3. The van der Waals surface area contributed by atoms with Crippen LogP contribution < -0.4 is 0 Å². The van der Waals surface area contributed by atoms with Crippen molar-refractivity contribution in [2.75, 3.05) is 0 Å². The molecule has 0 radical (unpaired) electrons. The predicted octanol–water partition coefficient (Wildman–Crippen LogP) is 4.72. The van der Waals surface area contributed by atoms with Gasteiger partial charge in [0.15, 0.2) is 0 Å². The molecule has 0 bridgehead atoms. The SMILES string of the molecule is Cc1ccc(C(C)C)cc1O.O=C/C=C/c1ccccc1. The number of hydrogen-bond acceptors (Lipinski definition) is 2. The Hall–Kier alpha value is -2.35. The number of phenolic OH excluding ortho intramolecular Hbond substituents is 1. The van der Waals surface area contributed by atoms with Crippen LogP contribution in [0.3, 0.4) is 0 Å². The zero-order chi connectivity index (χ0) is 15.7. The van der Waals surface area contributed by atoms with Crippen LogP contribution in [-0.2, 0) is 4.79 Å². The van der Waals surface area contributed by atoms with Crippen molar-refractivity contribution in [2.24, 2.45) is 0 Å². The minimum Gasteiger partial charge on any atom is -0.508 e. The Morgan fingerprint density at radius 1 is 1.05 bits per heavy atom. The topological polar surface area (TPSA) is 37.3 Å². The van der Waals surface area contributed by atoms with Gasteiger partial charge in [0.05, 0.1) is 0 Å². The van der Waals surface area contributed by atoms with E-state index in [1.54, 1.807) is 6.08 Å². The molecule has 0 aliphatic heterocycles. The van der Waals surface area contributed by atoms with Crippen LogP contribution in [0.5, 0.6) is 5.75 Å². The third kappa shape index (κ3) is 6.09. The summed E-state index contributed by atoms with van der Waals surface area (Å²) in [5.74, 6) is 0.887. The van der Waals surface area contributed by atoms with E-state index >= 15 is 0 Å². The molecule has 1 N–H and O–H groups in total. The molecule has 0 saturated carbocycles. The molecule has 2 nitrogen and oxygen atoms in total. The van der Waals surface area contributed by atoms with Crippen molar-refractivity contribution < 1.29 is 9.90 Å². The summed E-state index contributed by atoms with van der Waals surface area (Å²) >= 11 is 0. The molecule has 0 aliphatic carbocycles. The molecule has 21 heavy (non-hydrogen) atoms. The van der Waals surface area contributed by atoms with Crippen LogP contribution in [-0.4, -0.2) is 11.4 Å². The lowest BCUT2D eigenvalue weighted by Gasteiger charge is -2.06. The number of rotatable bonds is 3. The fourth-order valence-corrected chi connectivity index (χ4v) is 1.70. The van der Waals surface area contributed by atoms with Crippen LogP contribution in [0.1, 0.15) is 36.5 Å². The number of aldehydes is 1. The van der Waals surface area contributed by atoms with E-state index in [-0.39, 0.29) is 0 Å². The van der Waals surface area contributed by atoms with E-state index in [2.05, 4.69) is 19.9 Å². The summed E-state index contributed by atoms with van der Waals surface area (Å²) in [5.41, 5.74) is 3.18. The minimum absolute atomic E-state index is 0.399. The molecule has 110 valence electrons. The first-order chi connectivity index (χ1) is 10.0. The highest BCUT2D eigenvalue weighted by Gasteiger charge is 2.00. The van der Waals surface area contributed by atoms with Crippen molar-refractivity contribution in [1.82, 2.24) is 0 Å². The highest BCUT2D eigenvalue weighted by molar-refractivity contribution is 5.73. The molecule has 0 aromatic heterocycles. The number of carbonyl (C=O) groups is 1. The monoisotopic (exact) mass is 282 g/mol. The van der Waals surface area contributed by atoms with Gasteiger partial charge in [-0.15, -0.1) is 0 Å².